The molecule has 0 aliphatic heterocycles. The van der Waals surface area contributed by atoms with Crippen molar-refractivity contribution in [2.24, 2.45) is 7.05 Å². The third-order valence-corrected chi connectivity index (χ3v) is 5.32. The van der Waals surface area contributed by atoms with Crippen molar-refractivity contribution in [2.45, 2.75) is 27.2 Å². The topological polar surface area (TPSA) is 108 Å². The summed E-state index contributed by atoms with van der Waals surface area (Å²) in [5.74, 6) is 0.363. The lowest BCUT2D eigenvalue weighted by Crippen LogP contribution is -2.18. The molecule has 0 spiro atoms. The molecule has 10 heteroatoms. The lowest BCUT2D eigenvalue weighted by molar-refractivity contribution is -0.115. The zero-order chi connectivity index (χ0) is 21.7. The van der Waals surface area contributed by atoms with Gasteiger partial charge in [-0.05, 0) is 48.9 Å². The number of carbonyl (C=O) groups excluding carboxylic acids is 2. The standard InChI is InChI=1S/C20H23N5O4S/c1-5-28-14-9-7-13(8-10-14)17-12(3)30-19(18(17)20(27)29-6-2)21-16(26)11-15-22-23-24-25(15)4/h7-10H,5-6,11H2,1-4H3,(H,21,26). The van der Waals surface area contributed by atoms with Crippen LogP contribution in [0.3, 0.4) is 0 Å². The van der Waals surface area contributed by atoms with Crippen LogP contribution in [0.1, 0.15) is 34.9 Å². The van der Waals surface area contributed by atoms with Gasteiger partial charge < -0.3 is 14.8 Å². The zero-order valence-corrected chi connectivity index (χ0v) is 18.1. The monoisotopic (exact) mass is 429 g/mol. The van der Waals surface area contributed by atoms with Gasteiger partial charge in [-0.25, -0.2) is 9.48 Å². The summed E-state index contributed by atoms with van der Waals surface area (Å²) in [6.07, 6.45) is -0.0128. The van der Waals surface area contributed by atoms with Crippen molar-refractivity contribution in [3.8, 4) is 16.9 Å². The average molecular weight is 430 g/mol. The van der Waals surface area contributed by atoms with E-state index in [1.165, 1.54) is 16.0 Å². The lowest BCUT2D eigenvalue weighted by Gasteiger charge is -2.10. The van der Waals surface area contributed by atoms with Gasteiger partial charge in [0, 0.05) is 17.5 Å². The van der Waals surface area contributed by atoms with E-state index in [2.05, 4.69) is 20.8 Å². The van der Waals surface area contributed by atoms with E-state index in [9.17, 15) is 9.59 Å². The number of aromatic nitrogens is 4. The first kappa shape index (κ1) is 21.4. The molecule has 3 rings (SSSR count). The first-order valence-corrected chi connectivity index (χ1v) is 10.3. The van der Waals surface area contributed by atoms with E-state index in [1.807, 2.05) is 38.1 Å². The van der Waals surface area contributed by atoms with Gasteiger partial charge in [-0.2, -0.15) is 0 Å². The van der Waals surface area contributed by atoms with Crippen LogP contribution in [0.25, 0.3) is 11.1 Å². The van der Waals surface area contributed by atoms with E-state index in [4.69, 9.17) is 9.47 Å². The Morgan fingerprint density at radius 3 is 2.50 bits per heavy atom. The Labute approximate surface area is 178 Å². The number of thiophene rings is 1. The summed E-state index contributed by atoms with van der Waals surface area (Å²) in [5, 5.41) is 14.3. The molecule has 2 heterocycles. The van der Waals surface area contributed by atoms with Crippen molar-refractivity contribution < 1.29 is 19.1 Å². The Balaban J connectivity index is 1.95. The maximum Gasteiger partial charge on any atom is 0.341 e. The molecule has 0 saturated carbocycles. The molecule has 30 heavy (non-hydrogen) atoms. The Kier molecular flexibility index (Phi) is 6.78. The number of hydrogen-bond donors (Lipinski definition) is 1. The number of hydrogen-bond acceptors (Lipinski definition) is 8. The van der Waals surface area contributed by atoms with E-state index in [0.717, 1.165) is 21.8 Å². The Bertz CT molecular complexity index is 1040. The van der Waals surface area contributed by atoms with Gasteiger partial charge in [-0.3, -0.25) is 4.79 Å². The summed E-state index contributed by atoms with van der Waals surface area (Å²) in [4.78, 5) is 26.2. The number of nitrogens with zero attached hydrogens (tertiary/aromatic N) is 4. The van der Waals surface area contributed by atoms with Crippen LogP contribution in [0.5, 0.6) is 5.75 Å². The highest BCUT2D eigenvalue weighted by molar-refractivity contribution is 7.17. The SMILES string of the molecule is CCOC(=O)c1c(NC(=O)Cc2nnnn2C)sc(C)c1-c1ccc(OCC)cc1. The number of anilines is 1. The number of aryl methyl sites for hydroxylation is 2. The minimum atomic E-state index is -0.485. The molecular weight excluding hydrogens is 406 g/mol. The van der Waals surface area contributed by atoms with Crippen molar-refractivity contribution in [1.29, 1.82) is 0 Å². The molecule has 158 valence electrons. The predicted molar refractivity (Wildman–Crippen MR) is 113 cm³/mol. The number of tetrazole rings is 1. The normalized spacial score (nSPS) is 10.7. The molecule has 1 aromatic carbocycles. The predicted octanol–water partition coefficient (Wildman–Crippen LogP) is 3.00. The number of amides is 1. The molecule has 0 atom stereocenters. The lowest BCUT2D eigenvalue weighted by atomic mass is 10.0. The number of nitrogens with one attached hydrogen (secondary N) is 1. The molecule has 9 nitrogen and oxygen atoms in total. The number of carbonyl (C=O) groups is 2. The molecule has 1 amide bonds. The third-order valence-electron chi connectivity index (χ3n) is 4.30. The van der Waals surface area contributed by atoms with Crippen LogP contribution in [0.4, 0.5) is 5.00 Å². The van der Waals surface area contributed by atoms with Crippen LogP contribution in [0, 0.1) is 6.92 Å². The average Bonchev–Trinajstić information content (AvgIpc) is 3.25. The molecule has 0 unspecified atom stereocenters. The van der Waals surface area contributed by atoms with E-state index < -0.39 is 5.97 Å². The summed E-state index contributed by atoms with van der Waals surface area (Å²) in [5.41, 5.74) is 1.92. The Hall–Kier alpha value is -3.27. The molecule has 0 bridgehead atoms. The summed E-state index contributed by atoms with van der Waals surface area (Å²) in [7, 11) is 1.66. The third kappa shape index (κ3) is 4.65. The second kappa shape index (κ2) is 9.49. The molecule has 0 aliphatic rings. The fourth-order valence-corrected chi connectivity index (χ4v) is 4.06. The molecule has 3 aromatic rings. The first-order valence-electron chi connectivity index (χ1n) is 9.49. The zero-order valence-electron chi connectivity index (χ0n) is 17.3. The quantitative estimate of drug-likeness (QED) is 0.548. The van der Waals surface area contributed by atoms with Gasteiger partial charge in [-0.15, -0.1) is 16.4 Å². The molecule has 0 saturated heterocycles. The van der Waals surface area contributed by atoms with Gasteiger partial charge in [0.1, 0.15) is 16.3 Å². The van der Waals surface area contributed by atoms with E-state index in [0.29, 0.717) is 23.0 Å². The van der Waals surface area contributed by atoms with Gasteiger partial charge in [0.25, 0.3) is 0 Å². The van der Waals surface area contributed by atoms with E-state index in [-0.39, 0.29) is 18.9 Å². The van der Waals surface area contributed by atoms with Crippen molar-refractivity contribution in [1.82, 2.24) is 20.2 Å². The minimum absolute atomic E-state index is 0.0128. The highest BCUT2D eigenvalue weighted by Crippen LogP contribution is 2.40. The van der Waals surface area contributed by atoms with Crippen LogP contribution in [0.15, 0.2) is 24.3 Å². The Morgan fingerprint density at radius 2 is 1.90 bits per heavy atom. The number of esters is 1. The number of benzene rings is 1. The van der Waals surface area contributed by atoms with Gasteiger partial charge >= 0.3 is 5.97 Å². The smallest absolute Gasteiger partial charge is 0.341 e. The van der Waals surface area contributed by atoms with Crippen molar-refractivity contribution in [3.63, 3.8) is 0 Å². The number of ether oxygens (including phenoxy) is 2. The van der Waals surface area contributed by atoms with Crippen molar-refractivity contribution >= 4 is 28.2 Å². The van der Waals surface area contributed by atoms with E-state index >= 15 is 0 Å². The first-order chi connectivity index (χ1) is 14.4. The fraction of sp³-hybridized carbons (Fsp3) is 0.350. The minimum Gasteiger partial charge on any atom is -0.494 e. The van der Waals surface area contributed by atoms with Crippen LogP contribution in [0.2, 0.25) is 0 Å². The van der Waals surface area contributed by atoms with Crippen LogP contribution in [-0.4, -0.2) is 45.3 Å². The van der Waals surface area contributed by atoms with E-state index in [1.54, 1.807) is 14.0 Å². The summed E-state index contributed by atoms with van der Waals surface area (Å²) < 4.78 is 12.2. The molecule has 2 aromatic heterocycles. The number of rotatable bonds is 8. The van der Waals surface area contributed by atoms with Gasteiger partial charge in [0.05, 0.1) is 19.6 Å². The van der Waals surface area contributed by atoms with Crippen molar-refractivity contribution in [2.75, 3.05) is 18.5 Å². The summed E-state index contributed by atoms with van der Waals surface area (Å²) in [6.45, 7) is 6.37. The maximum atomic E-state index is 12.8. The second-order valence-electron chi connectivity index (χ2n) is 6.36. The van der Waals surface area contributed by atoms with Gasteiger partial charge in [0.15, 0.2) is 5.82 Å². The van der Waals surface area contributed by atoms with Gasteiger partial charge in [-0.1, -0.05) is 12.1 Å². The highest BCUT2D eigenvalue weighted by Gasteiger charge is 2.26. The second-order valence-corrected chi connectivity index (χ2v) is 7.58. The largest absolute Gasteiger partial charge is 0.494 e. The van der Waals surface area contributed by atoms with Crippen LogP contribution >= 0.6 is 11.3 Å². The highest BCUT2D eigenvalue weighted by atomic mass is 32.1. The molecular formula is C20H23N5O4S. The summed E-state index contributed by atoms with van der Waals surface area (Å²) >= 11 is 1.33. The Morgan fingerprint density at radius 1 is 1.17 bits per heavy atom. The maximum absolute atomic E-state index is 12.8. The molecule has 0 aliphatic carbocycles. The fourth-order valence-electron chi connectivity index (χ4n) is 2.98. The molecule has 0 radical (unpaired) electrons. The molecule has 1 N–H and O–H groups in total. The van der Waals surface area contributed by atoms with Crippen LogP contribution < -0.4 is 10.1 Å². The molecule has 0 fully saturated rings. The van der Waals surface area contributed by atoms with Crippen molar-refractivity contribution in [3.05, 3.63) is 40.5 Å². The van der Waals surface area contributed by atoms with Crippen LogP contribution in [-0.2, 0) is 23.0 Å². The summed E-state index contributed by atoms with van der Waals surface area (Å²) in [6, 6.07) is 7.48. The van der Waals surface area contributed by atoms with Gasteiger partial charge in [0.2, 0.25) is 5.91 Å².